The van der Waals surface area contributed by atoms with E-state index in [1.807, 2.05) is 56.3 Å². The Morgan fingerprint density at radius 3 is 2.50 bits per heavy atom. The highest BCUT2D eigenvalue weighted by Crippen LogP contribution is 2.40. The maximum atomic E-state index is 9.49. The SMILES string of the molecule is C=C/C=C(\C=C/C)C(C)(CC)c1nc(C#N)c(C)nc1-c1ccccc1. The molecular weight excluding hydrogens is 318 g/mol. The van der Waals surface area contributed by atoms with Crippen molar-refractivity contribution in [2.45, 2.75) is 39.5 Å². The minimum absolute atomic E-state index is 0.373. The summed E-state index contributed by atoms with van der Waals surface area (Å²) in [5.74, 6) is 0. The lowest BCUT2D eigenvalue weighted by molar-refractivity contribution is 0.529. The van der Waals surface area contributed by atoms with Gasteiger partial charge in [0.25, 0.3) is 0 Å². The van der Waals surface area contributed by atoms with Gasteiger partial charge < -0.3 is 0 Å². The van der Waals surface area contributed by atoms with E-state index in [0.717, 1.165) is 28.9 Å². The van der Waals surface area contributed by atoms with E-state index in [9.17, 15) is 5.26 Å². The third kappa shape index (κ3) is 3.65. The van der Waals surface area contributed by atoms with Gasteiger partial charge in [-0.15, -0.1) is 0 Å². The number of hydrogen-bond donors (Lipinski definition) is 0. The lowest BCUT2D eigenvalue weighted by Crippen LogP contribution is -2.27. The van der Waals surface area contributed by atoms with Crippen molar-refractivity contribution in [2.24, 2.45) is 0 Å². The average molecular weight is 343 g/mol. The summed E-state index contributed by atoms with van der Waals surface area (Å²) in [4.78, 5) is 9.53. The van der Waals surface area contributed by atoms with Gasteiger partial charge in [0.05, 0.1) is 17.1 Å². The van der Waals surface area contributed by atoms with E-state index in [4.69, 9.17) is 9.97 Å². The van der Waals surface area contributed by atoms with E-state index in [1.54, 1.807) is 6.08 Å². The second kappa shape index (κ2) is 8.40. The molecule has 2 rings (SSSR count). The standard InChI is InChI=1S/C23H25N3/c1-6-12-19(13-7-2)23(5,8-3)22-21(18-14-10-9-11-15-18)25-17(4)20(16-24)26-22/h6-7,9-15H,1,8H2,2-5H3/b13-7-,19-12+. The second-order valence-corrected chi connectivity index (χ2v) is 6.38. The Morgan fingerprint density at radius 2 is 1.96 bits per heavy atom. The van der Waals surface area contributed by atoms with Crippen LogP contribution >= 0.6 is 0 Å². The monoisotopic (exact) mass is 343 g/mol. The van der Waals surface area contributed by atoms with Crippen molar-refractivity contribution < 1.29 is 0 Å². The fraction of sp³-hybridized carbons (Fsp3) is 0.261. The van der Waals surface area contributed by atoms with Crippen molar-refractivity contribution in [1.29, 1.82) is 5.26 Å². The number of nitriles is 1. The Labute approximate surface area is 156 Å². The van der Waals surface area contributed by atoms with Gasteiger partial charge in [-0.25, -0.2) is 9.97 Å². The quantitative estimate of drug-likeness (QED) is 0.634. The summed E-state index contributed by atoms with van der Waals surface area (Å²) < 4.78 is 0. The van der Waals surface area contributed by atoms with Gasteiger partial charge in [-0.2, -0.15) is 5.26 Å². The molecule has 3 nitrogen and oxygen atoms in total. The van der Waals surface area contributed by atoms with Gasteiger partial charge in [-0.3, -0.25) is 0 Å². The van der Waals surface area contributed by atoms with Crippen molar-refractivity contribution in [3.05, 3.63) is 83.9 Å². The number of rotatable bonds is 6. The van der Waals surface area contributed by atoms with E-state index in [0.29, 0.717) is 11.4 Å². The van der Waals surface area contributed by atoms with Crippen LogP contribution in [-0.2, 0) is 5.41 Å². The van der Waals surface area contributed by atoms with Gasteiger partial charge in [-0.1, -0.05) is 68.1 Å². The Morgan fingerprint density at radius 1 is 1.27 bits per heavy atom. The maximum Gasteiger partial charge on any atom is 0.162 e. The van der Waals surface area contributed by atoms with Gasteiger partial charge >= 0.3 is 0 Å². The zero-order valence-corrected chi connectivity index (χ0v) is 16.0. The molecule has 132 valence electrons. The molecule has 1 aromatic carbocycles. The molecule has 0 aliphatic rings. The van der Waals surface area contributed by atoms with Crippen LogP contribution < -0.4 is 0 Å². The van der Waals surface area contributed by atoms with Crippen molar-refractivity contribution in [3.8, 4) is 17.3 Å². The summed E-state index contributed by atoms with van der Waals surface area (Å²) in [5.41, 5.74) is 4.37. The first-order chi connectivity index (χ1) is 12.5. The summed E-state index contributed by atoms with van der Waals surface area (Å²) in [6.07, 6.45) is 8.70. The molecule has 1 atom stereocenters. The summed E-state index contributed by atoms with van der Waals surface area (Å²) >= 11 is 0. The first kappa shape index (κ1) is 19.3. The first-order valence-electron chi connectivity index (χ1n) is 8.82. The van der Waals surface area contributed by atoms with Gasteiger partial charge in [0.1, 0.15) is 6.07 Å². The molecule has 0 aliphatic carbocycles. The van der Waals surface area contributed by atoms with Crippen molar-refractivity contribution >= 4 is 0 Å². The summed E-state index contributed by atoms with van der Waals surface area (Å²) in [6, 6.07) is 12.2. The van der Waals surface area contributed by atoms with E-state index in [-0.39, 0.29) is 0 Å². The van der Waals surface area contributed by atoms with Crippen LogP contribution in [0.2, 0.25) is 0 Å². The van der Waals surface area contributed by atoms with Crippen molar-refractivity contribution in [2.75, 3.05) is 0 Å². The molecule has 1 unspecified atom stereocenters. The Kier molecular flexibility index (Phi) is 6.25. The predicted octanol–water partition coefficient (Wildman–Crippen LogP) is 5.68. The van der Waals surface area contributed by atoms with Gasteiger partial charge in [-0.05, 0) is 32.8 Å². The molecule has 0 amide bonds. The van der Waals surface area contributed by atoms with Gasteiger partial charge in [0.2, 0.25) is 0 Å². The van der Waals surface area contributed by atoms with Gasteiger partial charge in [0, 0.05) is 11.0 Å². The van der Waals surface area contributed by atoms with Crippen LogP contribution in [0.5, 0.6) is 0 Å². The number of hydrogen-bond acceptors (Lipinski definition) is 3. The zero-order valence-electron chi connectivity index (χ0n) is 16.0. The third-order valence-electron chi connectivity index (χ3n) is 4.73. The lowest BCUT2D eigenvalue weighted by atomic mass is 9.74. The molecule has 0 aliphatic heterocycles. The Balaban J connectivity index is 2.86. The molecule has 0 spiro atoms. The smallest absolute Gasteiger partial charge is 0.162 e. The van der Waals surface area contributed by atoms with Crippen molar-refractivity contribution in [1.82, 2.24) is 9.97 Å². The highest BCUT2D eigenvalue weighted by Gasteiger charge is 2.33. The highest BCUT2D eigenvalue weighted by molar-refractivity contribution is 5.65. The molecule has 2 aromatic rings. The van der Waals surface area contributed by atoms with Crippen LogP contribution in [0, 0.1) is 18.3 Å². The number of nitrogens with zero attached hydrogens (tertiary/aromatic N) is 3. The fourth-order valence-corrected chi connectivity index (χ4v) is 3.05. The number of benzene rings is 1. The van der Waals surface area contributed by atoms with E-state index in [2.05, 4.69) is 32.6 Å². The normalized spacial score (nSPS) is 14.0. The summed E-state index contributed by atoms with van der Waals surface area (Å²) in [7, 11) is 0. The third-order valence-corrected chi connectivity index (χ3v) is 4.73. The van der Waals surface area contributed by atoms with E-state index in [1.165, 1.54) is 0 Å². The number of aryl methyl sites for hydroxylation is 1. The van der Waals surface area contributed by atoms with E-state index < -0.39 is 5.41 Å². The van der Waals surface area contributed by atoms with Gasteiger partial charge in [0.15, 0.2) is 5.69 Å². The van der Waals surface area contributed by atoms with Crippen LogP contribution in [0.25, 0.3) is 11.3 Å². The van der Waals surface area contributed by atoms with Crippen LogP contribution in [0.3, 0.4) is 0 Å². The fourth-order valence-electron chi connectivity index (χ4n) is 3.05. The Bertz CT molecular complexity index is 886. The van der Waals surface area contributed by atoms with Crippen LogP contribution in [0.15, 0.2) is 66.8 Å². The molecule has 0 N–H and O–H groups in total. The summed E-state index contributed by atoms with van der Waals surface area (Å²) in [5, 5.41) is 9.49. The van der Waals surface area contributed by atoms with Crippen LogP contribution in [0.1, 0.15) is 44.3 Å². The minimum atomic E-state index is -0.391. The lowest BCUT2D eigenvalue weighted by Gasteiger charge is -2.31. The Hall–Kier alpha value is -2.99. The van der Waals surface area contributed by atoms with Crippen molar-refractivity contribution in [3.63, 3.8) is 0 Å². The molecule has 3 heteroatoms. The molecule has 0 fully saturated rings. The number of aromatic nitrogens is 2. The maximum absolute atomic E-state index is 9.49. The molecule has 0 bridgehead atoms. The minimum Gasteiger partial charge on any atom is -0.248 e. The predicted molar refractivity (Wildman–Crippen MR) is 108 cm³/mol. The molecule has 26 heavy (non-hydrogen) atoms. The molecule has 0 saturated heterocycles. The molecular formula is C23H25N3. The zero-order chi connectivity index (χ0) is 19.2. The molecule has 1 heterocycles. The van der Waals surface area contributed by atoms with Crippen LogP contribution in [0.4, 0.5) is 0 Å². The summed E-state index contributed by atoms with van der Waals surface area (Å²) in [6.45, 7) is 12.0. The average Bonchev–Trinajstić information content (AvgIpc) is 2.67. The number of allylic oxidation sites excluding steroid dienone is 5. The highest BCUT2D eigenvalue weighted by atomic mass is 14.9. The first-order valence-corrected chi connectivity index (χ1v) is 8.82. The molecule has 0 saturated carbocycles. The molecule has 0 radical (unpaired) electrons. The van der Waals surface area contributed by atoms with E-state index >= 15 is 0 Å². The topological polar surface area (TPSA) is 49.6 Å². The second-order valence-electron chi connectivity index (χ2n) is 6.38. The van der Waals surface area contributed by atoms with Crippen LogP contribution in [-0.4, -0.2) is 9.97 Å². The largest absolute Gasteiger partial charge is 0.248 e. The molecule has 1 aromatic heterocycles.